The number of thiazole rings is 1. The van der Waals surface area contributed by atoms with Crippen LogP contribution in [-0.2, 0) is 17.6 Å². The highest BCUT2D eigenvalue weighted by molar-refractivity contribution is 7.09. The van der Waals surface area contributed by atoms with Crippen molar-refractivity contribution >= 4 is 27.9 Å². The van der Waals surface area contributed by atoms with Crippen LogP contribution >= 0.6 is 11.3 Å². The molecule has 0 saturated heterocycles. The van der Waals surface area contributed by atoms with E-state index in [-0.39, 0.29) is 5.78 Å². The van der Waals surface area contributed by atoms with Crippen LogP contribution in [0.3, 0.4) is 0 Å². The Morgan fingerprint density at radius 1 is 1.05 bits per heavy atom. The van der Waals surface area contributed by atoms with Crippen molar-refractivity contribution in [3.05, 3.63) is 64.6 Å². The van der Waals surface area contributed by atoms with Gasteiger partial charge in [0.05, 0.1) is 11.4 Å². The van der Waals surface area contributed by atoms with E-state index in [1.54, 1.807) is 6.20 Å². The van der Waals surface area contributed by atoms with Crippen LogP contribution in [0.4, 0.5) is 0 Å². The molecule has 2 nitrogen and oxygen atoms in total. The molecular formula is C16H13NOS. The summed E-state index contributed by atoms with van der Waals surface area (Å²) in [5, 5.41) is 5.19. The number of fused-ring (bicyclic) bond motifs is 1. The molecule has 1 aromatic heterocycles. The zero-order valence-electron chi connectivity index (χ0n) is 10.4. The van der Waals surface area contributed by atoms with E-state index in [1.807, 2.05) is 23.6 Å². The van der Waals surface area contributed by atoms with Crippen molar-refractivity contribution in [2.75, 3.05) is 0 Å². The zero-order chi connectivity index (χ0) is 13.1. The second kappa shape index (κ2) is 5.33. The first kappa shape index (κ1) is 12.1. The highest BCUT2D eigenvalue weighted by Crippen LogP contribution is 2.16. The van der Waals surface area contributed by atoms with Gasteiger partial charge in [0.25, 0.3) is 0 Å². The fourth-order valence-electron chi connectivity index (χ4n) is 2.15. The first-order valence-electron chi connectivity index (χ1n) is 6.19. The molecule has 0 aliphatic rings. The standard InChI is InChI=1S/C16H13NOS/c18-15(11-16-17-7-8-19-16)10-12-5-6-13-3-1-2-4-14(13)9-12/h1-9H,10-11H2. The quantitative estimate of drug-likeness (QED) is 0.722. The largest absolute Gasteiger partial charge is 0.299 e. The lowest BCUT2D eigenvalue weighted by Crippen LogP contribution is -2.06. The van der Waals surface area contributed by atoms with Crippen LogP contribution < -0.4 is 0 Å². The number of hydrogen-bond donors (Lipinski definition) is 0. The third-order valence-electron chi connectivity index (χ3n) is 3.05. The van der Waals surface area contributed by atoms with Crippen LogP contribution in [0.25, 0.3) is 10.8 Å². The van der Waals surface area contributed by atoms with E-state index in [0.717, 1.165) is 10.6 Å². The molecular weight excluding hydrogens is 254 g/mol. The van der Waals surface area contributed by atoms with Gasteiger partial charge < -0.3 is 0 Å². The predicted molar refractivity (Wildman–Crippen MR) is 78.5 cm³/mol. The van der Waals surface area contributed by atoms with Crippen LogP contribution in [0.2, 0.25) is 0 Å². The maximum Gasteiger partial charge on any atom is 0.144 e. The fraction of sp³-hybridized carbons (Fsp3) is 0.125. The van der Waals surface area contributed by atoms with Gasteiger partial charge in [-0.25, -0.2) is 4.98 Å². The average Bonchev–Trinajstić information content (AvgIpc) is 2.91. The monoisotopic (exact) mass is 267 g/mol. The molecule has 2 aromatic carbocycles. The number of benzene rings is 2. The van der Waals surface area contributed by atoms with E-state index in [4.69, 9.17) is 0 Å². The Kier molecular flexibility index (Phi) is 3.38. The molecule has 19 heavy (non-hydrogen) atoms. The van der Waals surface area contributed by atoms with E-state index >= 15 is 0 Å². The minimum atomic E-state index is 0.213. The van der Waals surface area contributed by atoms with Crippen LogP contribution in [0.5, 0.6) is 0 Å². The van der Waals surface area contributed by atoms with Crippen molar-refractivity contribution < 1.29 is 4.79 Å². The molecule has 0 aliphatic heterocycles. The highest BCUT2D eigenvalue weighted by Gasteiger charge is 2.07. The molecule has 3 rings (SSSR count). The van der Waals surface area contributed by atoms with Crippen molar-refractivity contribution in [2.24, 2.45) is 0 Å². The summed E-state index contributed by atoms with van der Waals surface area (Å²) in [5.74, 6) is 0.213. The summed E-state index contributed by atoms with van der Waals surface area (Å²) in [7, 11) is 0. The van der Waals surface area contributed by atoms with Crippen molar-refractivity contribution in [2.45, 2.75) is 12.8 Å². The number of rotatable bonds is 4. The molecule has 1 heterocycles. The molecule has 0 unspecified atom stereocenters. The minimum Gasteiger partial charge on any atom is -0.299 e. The van der Waals surface area contributed by atoms with Gasteiger partial charge in [-0.05, 0) is 16.3 Å². The minimum absolute atomic E-state index is 0.213. The molecule has 0 atom stereocenters. The van der Waals surface area contributed by atoms with Crippen LogP contribution in [-0.4, -0.2) is 10.8 Å². The number of Topliss-reactive ketones (excluding diaryl/α,β-unsaturated/α-hetero) is 1. The molecule has 3 heteroatoms. The zero-order valence-corrected chi connectivity index (χ0v) is 11.2. The number of hydrogen-bond acceptors (Lipinski definition) is 3. The summed E-state index contributed by atoms with van der Waals surface area (Å²) in [6.45, 7) is 0. The smallest absolute Gasteiger partial charge is 0.144 e. The van der Waals surface area contributed by atoms with Crippen molar-refractivity contribution in [3.63, 3.8) is 0 Å². The first-order valence-corrected chi connectivity index (χ1v) is 7.07. The summed E-state index contributed by atoms with van der Waals surface area (Å²) in [6, 6.07) is 14.4. The van der Waals surface area contributed by atoms with Gasteiger partial charge in [0, 0.05) is 18.0 Å². The van der Waals surface area contributed by atoms with Gasteiger partial charge in [-0.1, -0.05) is 42.5 Å². The normalized spacial score (nSPS) is 10.7. The number of carbonyl (C=O) groups excluding carboxylic acids is 1. The summed E-state index contributed by atoms with van der Waals surface area (Å²) < 4.78 is 0. The highest BCUT2D eigenvalue weighted by atomic mass is 32.1. The molecule has 0 spiro atoms. The lowest BCUT2D eigenvalue weighted by Gasteiger charge is -2.03. The molecule has 94 valence electrons. The van der Waals surface area contributed by atoms with Crippen LogP contribution in [0.15, 0.2) is 54.0 Å². The maximum absolute atomic E-state index is 12.0. The lowest BCUT2D eigenvalue weighted by atomic mass is 10.0. The summed E-state index contributed by atoms with van der Waals surface area (Å²) in [6.07, 6.45) is 2.65. The van der Waals surface area contributed by atoms with E-state index in [9.17, 15) is 4.79 Å². The van der Waals surface area contributed by atoms with Crippen molar-refractivity contribution in [1.29, 1.82) is 0 Å². The van der Waals surface area contributed by atoms with Gasteiger partial charge in [0.1, 0.15) is 5.78 Å². The summed E-state index contributed by atoms with van der Waals surface area (Å²) >= 11 is 1.53. The molecule has 0 amide bonds. The molecule has 3 aromatic rings. The van der Waals surface area contributed by atoms with Gasteiger partial charge in [0.15, 0.2) is 0 Å². The molecule has 0 fully saturated rings. The lowest BCUT2D eigenvalue weighted by molar-refractivity contribution is -0.117. The Hall–Kier alpha value is -2.00. The average molecular weight is 267 g/mol. The van der Waals surface area contributed by atoms with Crippen LogP contribution in [0.1, 0.15) is 10.6 Å². The van der Waals surface area contributed by atoms with E-state index in [2.05, 4.69) is 29.2 Å². The third kappa shape index (κ3) is 2.88. The fourth-order valence-corrected chi connectivity index (χ4v) is 2.79. The molecule has 0 N–H and O–H groups in total. The van der Waals surface area contributed by atoms with Crippen molar-refractivity contribution in [3.8, 4) is 0 Å². The first-order chi connectivity index (χ1) is 9.31. The number of carbonyl (C=O) groups is 1. The van der Waals surface area contributed by atoms with Crippen molar-refractivity contribution in [1.82, 2.24) is 4.98 Å². The van der Waals surface area contributed by atoms with E-state index in [1.165, 1.54) is 22.1 Å². The number of aromatic nitrogens is 1. The Morgan fingerprint density at radius 3 is 2.68 bits per heavy atom. The number of ketones is 1. The van der Waals surface area contributed by atoms with Gasteiger partial charge in [-0.15, -0.1) is 11.3 Å². The van der Waals surface area contributed by atoms with Gasteiger partial charge in [-0.3, -0.25) is 4.79 Å². The van der Waals surface area contributed by atoms with E-state index in [0.29, 0.717) is 12.8 Å². The topological polar surface area (TPSA) is 30.0 Å². The Morgan fingerprint density at radius 2 is 1.89 bits per heavy atom. The molecule has 0 saturated carbocycles. The van der Waals surface area contributed by atoms with Gasteiger partial charge in [0.2, 0.25) is 0 Å². The van der Waals surface area contributed by atoms with Gasteiger partial charge >= 0.3 is 0 Å². The third-order valence-corrected chi connectivity index (χ3v) is 3.83. The second-order valence-corrected chi connectivity index (χ2v) is 5.48. The van der Waals surface area contributed by atoms with Crippen LogP contribution in [0, 0.1) is 0 Å². The molecule has 0 bridgehead atoms. The Bertz CT molecular complexity index is 704. The van der Waals surface area contributed by atoms with E-state index < -0.39 is 0 Å². The number of nitrogens with zero attached hydrogens (tertiary/aromatic N) is 1. The SMILES string of the molecule is O=C(Cc1ccc2ccccc2c1)Cc1nccs1. The Labute approximate surface area is 115 Å². The Balaban J connectivity index is 1.75. The predicted octanol–water partition coefficient (Wildman–Crippen LogP) is 3.65. The molecule has 0 aliphatic carbocycles. The maximum atomic E-state index is 12.0. The second-order valence-electron chi connectivity index (χ2n) is 4.50. The summed E-state index contributed by atoms with van der Waals surface area (Å²) in [4.78, 5) is 16.1. The van der Waals surface area contributed by atoms with Gasteiger partial charge in [-0.2, -0.15) is 0 Å². The molecule has 0 radical (unpaired) electrons. The summed E-state index contributed by atoms with van der Waals surface area (Å²) in [5.41, 5.74) is 1.07.